The second kappa shape index (κ2) is 8.26. The molecule has 3 unspecified atom stereocenters. The molecule has 2 N–H and O–H groups in total. The maximum Gasteiger partial charge on any atom is 0.225 e. The second-order valence-corrected chi connectivity index (χ2v) is 9.79. The number of carbonyl (C=O) groups excluding carboxylic acids is 1. The van der Waals surface area contributed by atoms with Crippen LogP contribution < -0.4 is 5.32 Å². The Labute approximate surface area is 187 Å². The molecular formula is C25H29FN4O2. The number of oxime groups is 1. The molecule has 2 saturated carbocycles. The lowest BCUT2D eigenvalue weighted by Crippen LogP contribution is -2.44. The van der Waals surface area contributed by atoms with E-state index < -0.39 is 0 Å². The van der Waals surface area contributed by atoms with Crippen molar-refractivity contribution < 1.29 is 14.4 Å². The van der Waals surface area contributed by atoms with E-state index in [0.717, 1.165) is 55.4 Å². The number of rotatable bonds is 4. The quantitative estimate of drug-likeness (QED) is 0.525. The van der Waals surface area contributed by atoms with Crippen molar-refractivity contribution in [1.82, 2.24) is 9.97 Å². The average molecular weight is 437 g/mol. The van der Waals surface area contributed by atoms with E-state index >= 15 is 0 Å². The van der Waals surface area contributed by atoms with Crippen molar-refractivity contribution in [1.29, 1.82) is 0 Å². The van der Waals surface area contributed by atoms with Crippen molar-refractivity contribution in [2.75, 3.05) is 5.32 Å². The van der Waals surface area contributed by atoms with Crippen LogP contribution in [0.3, 0.4) is 0 Å². The summed E-state index contributed by atoms with van der Waals surface area (Å²) in [6, 6.07) is 5.49. The minimum atomic E-state index is -0.160. The lowest BCUT2D eigenvalue weighted by molar-refractivity contribution is -0.116. The second-order valence-electron chi connectivity index (χ2n) is 9.79. The Hall–Kier alpha value is -2.83. The predicted molar refractivity (Wildman–Crippen MR) is 119 cm³/mol. The number of carbonyl (C=O) groups is 1. The standard InChI is InChI=1S/C25H29FN4O2/c1-25-10-9-17-16-3-2-4-20(26)18(16)6-7-19(17)24(25)15(13-21(25)30-32)5-8-23(31)29-22-14-27-11-12-28-22/h2-4,11-12,14-15,17,19,24,32H,5-10,13H2,1H3,(H,28,29,31)/b30-21+/t15-,17?,19?,24?,25-/m1/s1. The molecule has 7 heteroatoms. The van der Waals surface area contributed by atoms with Gasteiger partial charge in [0.15, 0.2) is 5.82 Å². The Morgan fingerprint density at radius 1 is 1.34 bits per heavy atom. The van der Waals surface area contributed by atoms with Crippen LogP contribution in [0, 0.1) is 29.0 Å². The van der Waals surface area contributed by atoms with E-state index in [2.05, 4.69) is 33.4 Å². The summed E-state index contributed by atoms with van der Waals surface area (Å²) >= 11 is 0. The first-order valence-electron chi connectivity index (χ1n) is 11.6. The summed E-state index contributed by atoms with van der Waals surface area (Å²) < 4.78 is 14.4. The van der Waals surface area contributed by atoms with E-state index in [1.807, 2.05) is 6.07 Å². The molecule has 0 saturated heterocycles. The van der Waals surface area contributed by atoms with Crippen molar-refractivity contribution in [3.63, 3.8) is 0 Å². The van der Waals surface area contributed by atoms with Gasteiger partial charge in [-0.3, -0.25) is 9.78 Å². The molecule has 1 aromatic carbocycles. The molecule has 32 heavy (non-hydrogen) atoms. The Morgan fingerprint density at radius 3 is 3.00 bits per heavy atom. The summed E-state index contributed by atoms with van der Waals surface area (Å²) in [7, 11) is 0. The normalized spacial score (nSPS) is 32.1. The van der Waals surface area contributed by atoms with E-state index in [1.165, 1.54) is 6.20 Å². The van der Waals surface area contributed by atoms with E-state index in [0.29, 0.717) is 30.0 Å². The van der Waals surface area contributed by atoms with Gasteiger partial charge in [0, 0.05) is 24.2 Å². The lowest BCUT2D eigenvalue weighted by atomic mass is 9.54. The van der Waals surface area contributed by atoms with E-state index in [1.54, 1.807) is 18.5 Å². The topological polar surface area (TPSA) is 87.5 Å². The van der Waals surface area contributed by atoms with E-state index in [4.69, 9.17) is 0 Å². The molecule has 0 spiro atoms. The van der Waals surface area contributed by atoms with Gasteiger partial charge >= 0.3 is 0 Å². The highest BCUT2D eigenvalue weighted by Gasteiger charge is 2.57. The number of aromatic nitrogens is 2. The first kappa shape index (κ1) is 21.0. The first-order chi connectivity index (χ1) is 15.5. The van der Waals surface area contributed by atoms with E-state index in [-0.39, 0.29) is 23.1 Å². The lowest BCUT2D eigenvalue weighted by Gasteiger charge is -2.50. The van der Waals surface area contributed by atoms with Crippen molar-refractivity contribution in [2.45, 2.75) is 57.8 Å². The molecule has 2 fully saturated rings. The van der Waals surface area contributed by atoms with Crippen LogP contribution in [0.1, 0.15) is 62.5 Å². The zero-order chi connectivity index (χ0) is 22.3. The van der Waals surface area contributed by atoms with Gasteiger partial charge in [-0.1, -0.05) is 24.2 Å². The molecule has 0 radical (unpaired) electrons. The summed E-state index contributed by atoms with van der Waals surface area (Å²) in [5.74, 6) is 1.63. The van der Waals surface area contributed by atoms with Gasteiger partial charge in [0.25, 0.3) is 0 Å². The summed E-state index contributed by atoms with van der Waals surface area (Å²) in [6.45, 7) is 2.23. The van der Waals surface area contributed by atoms with E-state index in [9.17, 15) is 14.4 Å². The van der Waals surface area contributed by atoms with Crippen LogP contribution >= 0.6 is 0 Å². The molecule has 5 atom stereocenters. The predicted octanol–water partition coefficient (Wildman–Crippen LogP) is 4.95. The Kier molecular flexibility index (Phi) is 5.43. The van der Waals surface area contributed by atoms with Crippen molar-refractivity contribution in [3.8, 4) is 0 Å². The van der Waals surface area contributed by atoms with Crippen LogP contribution in [0.2, 0.25) is 0 Å². The molecule has 2 aromatic rings. The van der Waals surface area contributed by atoms with Crippen LogP contribution in [-0.4, -0.2) is 26.8 Å². The van der Waals surface area contributed by atoms with Gasteiger partial charge in [-0.2, -0.15) is 0 Å². The largest absolute Gasteiger partial charge is 0.411 e. The van der Waals surface area contributed by atoms with Gasteiger partial charge < -0.3 is 10.5 Å². The Bertz CT molecular complexity index is 1040. The third kappa shape index (κ3) is 3.48. The molecule has 1 heterocycles. The molecule has 5 rings (SSSR count). The smallest absolute Gasteiger partial charge is 0.225 e. The highest BCUT2D eigenvalue weighted by molar-refractivity contribution is 5.93. The highest BCUT2D eigenvalue weighted by atomic mass is 19.1. The first-order valence-corrected chi connectivity index (χ1v) is 11.6. The number of hydrogen-bond acceptors (Lipinski definition) is 5. The third-order valence-electron chi connectivity index (χ3n) is 8.29. The molecule has 168 valence electrons. The highest BCUT2D eigenvalue weighted by Crippen LogP contribution is 2.62. The van der Waals surface area contributed by atoms with Crippen LogP contribution in [0.4, 0.5) is 10.2 Å². The van der Waals surface area contributed by atoms with Gasteiger partial charge in [-0.25, -0.2) is 9.37 Å². The number of nitrogens with one attached hydrogen (secondary N) is 1. The minimum Gasteiger partial charge on any atom is -0.411 e. The fourth-order valence-electron chi connectivity index (χ4n) is 6.96. The third-order valence-corrected chi connectivity index (χ3v) is 8.29. The molecule has 1 aromatic heterocycles. The van der Waals surface area contributed by atoms with Crippen LogP contribution in [0.5, 0.6) is 0 Å². The van der Waals surface area contributed by atoms with Gasteiger partial charge in [0.05, 0.1) is 11.9 Å². The summed E-state index contributed by atoms with van der Waals surface area (Å²) in [6.07, 6.45) is 10.1. The molecule has 0 bridgehead atoms. The fraction of sp³-hybridized carbons (Fsp3) is 0.520. The SMILES string of the molecule is C[C@]12CCC3c4cccc(F)c4CCC3C1[C@H](CCC(=O)Nc1cnccn1)C/C2=N\O. The van der Waals surface area contributed by atoms with Crippen LogP contribution in [0.15, 0.2) is 41.9 Å². The van der Waals surface area contributed by atoms with Crippen LogP contribution in [-0.2, 0) is 11.2 Å². The maximum absolute atomic E-state index is 14.4. The molecule has 6 nitrogen and oxygen atoms in total. The number of anilines is 1. The summed E-state index contributed by atoms with van der Waals surface area (Å²) in [5, 5.41) is 16.3. The number of nitrogens with zero attached hydrogens (tertiary/aromatic N) is 3. The van der Waals surface area contributed by atoms with Crippen molar-refractivity contribution >= 4 is 17.4 Å². The fourth-order valence-corrected chi connectivity index (χ4v) is 6.96. The van der Waals surface area contributed by atoms with Crippen molar-refractivity contribution in [3.05, 3.63) is 53.7 Å². The minimum absolute atomic E-state index is 0.0787. The molecule has 3 aliphatic rings. The average Bonchev–Trinajstić information content (AvgIpc) is 3.10. The molecule has 3 aliphatic carbocycles. The maximum atomic E-state index is 14.4. The number of benzene rings is 1. The summed E-state index contributed by atoms with van der Waals surface area (Å²) in [5.41, 5.74) is 2.75. The van der Waals surface area contributed by atoms with Gasteiger partial charge in [0.2, 0.25) is 5.91 Å². The van der Waals surface area contributed by atoms with Crippen molar-refractivity contribution in [2.24, 2.45) is 28.3 Å². The summed E-state index contributed by atoms with van der Waals surface area (Å²) in [4.78, 5) is 20.6. The zero-order valence-corrected chi connectivity index (χ0v) is 18.3. The number of amides is 1. The van der Waals surface area contributed by atoms with Gasteiger partial charge in [-0.05, 0) is 79.4 Å². The number of hydrogen-bond donors (Lipinski definition) is 2. The Balaban J connectivity index is 1.37. The van der Waals surface area contributed by atoms with Gasteiger partial charge in [-0.15, -0.1) is 0 Å². The number of fused-ring (bicyclic) bond motifs is 5. The van der Waals surface area contributed by atoms with Crippen LogP contribution in [0.25, 0.3) is 0 Å². The number of halogens is 1. The monoisotopic (exact) mass is 436 g/mol. The Morgan fingerprint density at radius 2 is 2.22 bits per heavy atom. The van der Waals surface area contributed by atoms with Gasteiger partial charge in [0.1, 0.15) is 5.82 Å². The molecule has 0 aliphatic heterocycles. The zero-order valence-electron chi connectivity index (χ0n) is 18.3. The molecule has 1 amide bonds. The molecular weight excluding hydrogens is 407 g/mol.